The predicted octanol–water partition coefficient (Wildman–Crippen LogP) is 2.60. The van der Waals surface area contributed by atoms with E-state index in [-0.39, 0.29) is 5.91 Å². The summed E-state index contributed by atoms with van der Waals surface area (Å²) in [6.07, 6.45) is 7.08. The lowest BCUT2D eigenvalue weighted by atomic mass is 10.2. The van der Waals surface area contributed by atoms with Crippen molar-refractivity contribution in [2.45, 2.75) is 26.9 Å². The van der Waals surface area contributed by atoms with Crippen LogP contribution in [0.3, 0.4) is 0 Å². The molecule has 0 aliphatic carbocycles. The normalized spacial score (nSPS) is 11.8. The molecule has 2 heterocycles. The summed E-state index contributed by atoms with van der Waals surface area (Å²) in [5.41, 5.74) is 2.64. The van der Waals surface area contributed by atoms with Gasteiger partial charge in [-0.05, 0) is 37.6 Å². The first kappa shape index (κ1) is 15.3. The second kappa shape index (κ2) is 6.23. The Balaban J connectivity index is 2.16. The predicted molar refractivity (Wildman–Crippen MR) is 91.2 cm³/mol. The number of fused-ring (bicyclic) bond motifs is 1. The molecule has 0 unspecified atom stereocenters. The molecule has 0 saturated heterocycles. The van der Waals surface area contributed by atoms with Gasteiger partial charge in [0, 0.05) is 12.7 Å². The highest BCUT2D eigenvalue weighted by molar-refractivity contribution is 7.16. The van der Waals surface area contributed by atoms with Crippen molar-refractivity contribution in [3.8, 4) is 12.3 Å². The second-order valence-corrected chi connectivity index (χ2v) is 6.10. The first-order chi connectivity index (χ1) is 11.1. The van der Waals surface area contributed by atoms with Crippen LogP contribution in [-0.2, 0) is 13.1 Å². The fraction of sp³-hybridized carbons (Fsp3) is 0.235. The lowest BCUT2D eigenvalue weighted by Crippen LogP contribution is -2.18. The van der Waals surface area contributed by atoms with Crippen LogP contribution in [-0.4, -0.2) is 20.3 Å². The number of thiazole rings is 1. The number of aromatic nitrogens is 3. The number of rotatable bonds is 3. The second-order valence-electron chi connectivity index (χ2n) is 5.10. The standard InChI is InChI=1S/C17H16N4OS/c1-4-10-20-13-7-6-12(3)11-15(13)23-17(20)19-16(22)14-8-9-18-21(14)5-2/h1,6-9,11H,5,10H2,2-3H3. The zero-order chi connectivity index (χ0) is 16.4. The van der Waals surface area contributed by atoms with E-state index in [0.29, 0.717) is 23.6 Å². The van der Waals surface area contributed by atoms with Crippen molar-refractivity contribution >= 4 is 27.5 Å². The number of benzene rings is 1. The summed E-state index contributed by atoms with van der Waals surface area (Å²) in [6.45, 7) is 4.97. The molecule has 0 aliphatic heterocycles. The monoisotopic (exact) mass is 324 g/mol. The molecule has 2 aromatic heterocycles. The van der Waals surface area contributed by atoms with Gasteiger partial charge in [-0.15, -0.1) is 6.42 Å². The lowest BCUT2D eigenvalue weighted by Gasteiger charge is -2.01. The topological polar surface area (TPSA) is 52.2 Å². The molecule has 116 valence electrons. The zero-order valence-corrected chi connectivity index (χ0v) is 13.8. The highest BCUT2D eigenvalue weighted by Crippen LogP contribution is 2.19. The van der Waals surface area contributed by atoms with Crippen LogP contribution < -0.4 is 4.80 Å². The van der Waals surface area contributed by atoms with Gasteiger partial charge in [0.2, 0.25) is 0 Å². The van der Waals surface area contributed by atoms with Gasteiger partial charge in [0.25, 0.3) is 5.91 Å². The number of terminal acetylenes is 1. The van der Waals surface area contributed by atoms with E-state index in [1.54, 1.807) is 16.9 Å². The fourth-order valence-electron chi connectivity index (χ4n) is 2.42. The Morgan fingerprint density at radius 2 is 2.26 bits per heavy atom. The number of amides is 1. The van der Waals surface area contributed by atoms with E-state index < -0.39 is 0 Å². The Hall–Kier alpha value is -2.65. The number of hydrogen-bond acceptors (Lipinski definition) is 3. The molecule has 1 aromatic carbocycles. The Morgan fingerprint density at radius 3 is 3.00 bits per heavy atom. The van der Waals surface area contributed by atoms with E-state index in [1.807, 2.05) is 30.5 Å². The van der Waals surface area contributed by atoms with Gasteiger partial charge in [-0.1, -0.05) is 23.3 Å². The van der Waals surface area contributed by atoms with Gasteiger partial charge in [-0.25, -0.2) is 0 Å². The third-order valence-corrected chi connectivity index (χ3v) is 4.56. The Morgan fingerprint density at radius 1 is 1.43 bits per heavy atom. The van der Waals surface area contributed by atoms with E-state index in [4.69, 9.17) is 6.42 Å². The van der Waals surface area contributed by atoms with Crippen LogP contribution in [0, 0.1) is 19.3 Å². The smallest absolute Gasteiger partial charge is 0.297 e. The summed E-state index contributed by atoms with van der Waals surface area (Å²) < 4.78 is 4.59. The van der Waals surface area contributed by atoms with Crippen molar-refractivity contribution in [2.24, 2.45) is 4.99 Å². The molecule has 3 aromatic rings. The van der Waals surface area contributed by atoms with Crippen molar-refractivity contribution in [1.82, 2.24) is 14.3 Å². The zero-order valence-electron chi connectivity index (χ0n) is 13.0. The summed E-state index contributed by atoms with van der Waals surface area (Å²) in [5, 5.41) is 4.11. The molecular weight excluding hydrogens is 308 g/mol. The highest BCUT2D eigenvalue weighted by Gasteiger charge is 2.12. The molecule has 0 saturated carbocycles. The van der Waals surface area contributed by atoms with Gasteiger partial charge in [-0.3, -0.25) is 9.48 Å². The molecule has 1 amide bonds. The van der Waals surface area contributed by atoms with Crippen molar-refractivity contribution in [3.63, 3.8) is 0 Å². The molecule has 6 heteroatoms. The average molecular weight is 324 g/mol. The molecule has 0 aliphatic rings. The van der Waals surface area contributed by atoms with E-state index >= 15 is 0 Å². The quantitative estimate of drug-likeness (QED) is 0.695. The van der Waals surface area contributed by atoms with Gasteiger partial charge in [0.05, 0.1) is 16.8 Å². The SMILES string of the molecule is C#CCn1c(=NC(=O)c2ccnn2CC)sc2cc(C)ccc21. The lowest BCUT2D eigenvalue weighted by molar-refractivity contribution is 0.0987. The minimum Gasteiger partial charge on any atom is -0.305 e. The maximum atomic E-state index is 12.5. The maximum absolute atomic E-state index is 12.5. The van der Waals surface area contributed by atoms with Gasteiger partial charge in [-0.2, -0.15) is 10.1 Å². The summed E-state index contributed by atoms with van der Waals surface area (Å²) in [7, 11) is 0. The number of nitrogens with zero attached hydrogens (tertiary/aromatic N) is 4. The molecule has 0 atom stereocenters. The first-order valence-corrected chi connectivity index (χ1v) is 8.10. The molecule has 0 fully saturated rings. The molecular formula is C17H16N4OS. The van der Waals surface area contributed by atoms with Crippen LogP contribution in [0.15, 0.2) is 35.5 Å². The number of carbonyl (C=O) groups excluding carboxylic acids is 1. The minimum atomic E-state index is -0.307. The van der Waals surface area contributed by atoms with Crippen molar-refractivity contribution in [3.05, 3.63) is 46.5 Å². The van der Waals surface area contributed by atoms with Crippen molar-refractivity contribution in [1.29, 1.82) is 0 Å². The Bertz CT molecular complexity index is 984. The van der Waals surface area contributed by atoms with Crippen LogP contribution in [0.2, 0.25) is 0 Å². The van der Waals surface area contributed by atoms with E-state index in [2.05, 4.69) is 22.1 Å². The number of hydrogen-bond donors (Lipinski definition) is 0. The number of carbonyl (C=O) groups is 1. The van der Waals surface area contributed by atoms with Gasteiger partial charge >= 0.3 is 0 Å². The third-order valence-electron chi connectivity index (χ3n) is 3.52. The molecule has 0 radical (unpaired) electrons. The molecule has 0 spiro atoms. The first-order valence-electron chi connectivity index (χ1n) is 7.28. The van der Waals surface area contributed by atoms with Crippen LogP contribution in [0.5, 0.6) is 0 Å². The van der Waals surface area contributed by atoms with Crippen LogP contribution >= 0.6 is 11.3 Å². The highest BCUT2D eigenvalue weighted by atomic mass is 32.1. The largest absolute Gasteiger partial charge is 0.305 e. The Labute approximate surface area is 137 Å². The summed E-state index contributed by atoms with van der Waals surface area (Å²) >= 11 is 1.47. The number of aryl methyl sites for hydroxylation is 2. The molecule has 0 bridgehead atoms. The van der Waals surface area contributed by atoms with Crippen LogP contribution in [0.25, 0.3) is 10.2 Å². The molecule has 3 rings (SSSR count). The average Bonchev–Trinajstić information content (AvgIpc) is 3.12. The van der Waals surface area contributed by atoms with Crippen LogP contribution in [0.4, 0.5) is 0 Å². The van der Waals surface area contributed by atoms with E-state index in [0.717, 1.165) is 15.8 Å². The van der Waals surface area contributed by atoms with Gasteiger partial charge < -0.3 is 4.57 Å². The molecule has 23 heavy (non-hydrogen) atoms. The minimum absolute atomic E-state index is 0.307. The summed E-state index contributed by atoms with van der Waals surface area (Å²) in [6, 6.07) is 7.79. The van der Waals surface area contributed by atoms with Gasteiger partial charge in [0.1, 0.15) is 5.69 Å². The van der Waals surface area contributed by atoms with Gasteiger partial charge in [0.15, 0.2) is 4.80 Å². The van der Waals surface area contributed by atoms with E-state index in [1.165, 1.54) is 11.3 Å². The van der Waals surface area contributed by atoms with E-state index in [9.17, 15) is 4.79 Å². The Kier molecular flexibility index (Phi) is 4.13. The summed E-state index contributed by atoms with van der Waals surface area (Å²) in [4.78, 5) is 17.4. The summed E-state index contributed by atoms with van der Waals surface area (Å²) in [5.74, 6) is 2.32. The molecule has 0 N–H and O–H groups in total. The third kappa shape index (κ3) is 2.83. The molecule has 5 nitrogen and oxygen atoms in total. The maximum Gasteiger partial charge on any atom is 0.297 e. The van der Waals surface area contributed by atoms with Crippen LogP contribution in [0.1, 0.15) is 23.0 Å². The van der Waals surface area contributed by atoms with Crippen molar-refractivity contribution in [2.75, 3.05) is 0 Å². The fourth-order valence-corrected chi connectivity index (χ4v) is 3.55. The van der Waals surface area contributed by atoms with Crippen molar-refractivity contribution < 1.29 is 4.79 Å².